The molecule has 0 saturated carbocycles. The molecule has 4 heteroatoms. The zero-order chi connectivity index (χ0) is 21.3. The van der Waals surface area contributed by atoms with Crippen molar-refractivity contribution in [1.82, 2.24) is 10.2 Å². The quantitative estimate of drug-likeness (QED) is 0.613. The molecule has 0 fully saturated rings. The van der Waals surface area contributed by atoms with Gasteiger partial charge in [0.15, 0.2) is 0 Å². The van der Waals surface area contributed by atoms with Gasteiger partial charge < -0.3 is 10.1 Å². The highest BCUT2D eigenvalue weighted by Gasteiger charge is 2.17. The summed E-state index contributed by atoms with van der Waals surface area (Å²) in [5, 5.41) is 3.00. The molecule has 0 unspecified atom stereocenters. The first kappa shape index (κ1) is 22.4. The molecule has 0 saturated heterocycles. The fourth-order valence-electron chi connectivity index (χ4n) is 3.92. The fraction of sp³-hybridized carbons (Fsp3) is 0.500. The van der Waals surface area contributed by atoms with Crippen LogP contribution in [-0.4, -0.2) is 36.5 Å². The van der Waals surface area contributed by atoms with Crippen LogP contribution in [0.25, 0.3) is 0 Å². The van der Waals surface area contributed by atoms with Crippen LogP contribution in [0.1, 0.15) is 55.4 Å². The molecule has 0 aromatic heterocycles. The van der Waals surface area contributed by atoms with Gasteiger partial charge in [-0.2, -0.15) is 0 Å². The summed E-state index contributed by atoms with van der Waals surface area (Å²) in [6, 6.07) is 15.5. The molecule has 1 N–H and O–H groups in total. The number of ether oxygens (including phenoxy) is 1. The zero-order valence-electron chi connectivity index (χ0n) is 18.7. The molecule has 0 aliphatic carbocycles. The molecule has 0 atom stereocenters. The van der Waals surface area contributed by atoms with E-state index in [1.54, 1.807) is 0 Å². The van der Waals surface area contributed by atoms with Gasteiger partial charge in [-0.15, -0.1) is 0 Å². The Morgan fingerprint density at radius 1 is 1.13 bits per heavy atom. The van der Waals surface area contributed by atoms with Gasteiger partial charge in [0.2, 0.25) is 5.91 Å². The molecule has 1 heterocycles. The molecule has 0 spiro atoms. The number of benzene rings is 2. The minimum Gasteiger partial charge on any atom is -0.493 e. The molecule has 1 amide bonds. The van der Waals surface area contributed by atoms with Crippen molar-refractivity contribution in [1.29, 1.82) is 0 Å². The molecule has 1 aliphatic heterocycles. The second kappa shape index (κ2) is 11.2. The van der Waals surface area contributed by atoms with Crippen LogP contribution in [0.2, 0.25) is 0 Å². The Labute approximate surface area is 181 Å². The second-order valence-corrected chi connectivity index (χ2v) is 8.64. The summed E-state index contributed by atoms with van der Waals surface area (Å²) in [4.78, 5) is 14.6. The van der Waals surface area contributed by atoms with E-state index < -0.39 is 0 Å². The molecule has 4 nitrogen and oxygen atoms in total. The number of rotatable bonds is 9. The normalized spacial score (nSPS) is 14.3. The van der Waals surface area contributed by atoms with Crippen molar-refractivity contribution in [3.8, 4) is 5.75 Å². The average Bonchev–Trinajstić information content (AvgIpc) is 2.95. The Morgan fingerprint density at radius 2 is 1.93 bits per heavy atom. The maximum Gasteiger partial charge on any atom is 0.223 e. The Morgan fingerprint density at radius 3 is 2.70 bits per heavy atom. The number of amides is 1. The largest absolute Gasteiger partial charge is 0.493 e. The van der Waals surface area contributed by atoms with E-state index in [1.165, 1.54) is 28.7 Å². The SMILES string of the molecule is Cc1ccc(CCCNC(=O)CCOc2ccc3c(c2)CN(C(C)C)CCC3)cc1. The van der Waals surface area contributed by atoms with Gasteiger partial charge in [-0.3, -0.25) is 9.69 Å². The van der Waals surface area contributed by atoms with E-state index in [0.717, 1.165) is 38.1 Å². The number of hydrogen-bond acceptors (Lipinski definition) is 3. The summed E-state index contributed by atoms with van der Waals surface area (Å²) in [6.07, 6.45) is 4.66. The van der Waals surface area contributed by atoms with Crippen LogP contribution in [0.4, 0.5) is 0 Å². The third kappa shape index (κ3) is 6.88. The molecule has 1 aliphatic rings. The van der Waals surface area contributed by atoms with Gasteiger partial charge in [0, 0.05) is 19.1 Å². The third-order valence-corrected chi connectivity index (χ3v) is 5.86. The highest BCUT2D eigenvalue weighted by atomic mass is 16.5. The van der Waals surface area contributed by atoms with Gasteiger partial charge in [0.1, 0.15) is 5.75 Å². The van der Waals surface area contributed by atoms with E-state index in [-0.39, 0.29) is 5.91 Å². The molecular weight excluding hydrogens is 372 g/mol. The summed E-state index contributed by atoms with van der Waals surface area (Å²) in [5.74, 6) is 0.922. The van der Waals surface area contributed by atoms with Gasteiger partial charge in [0.25, 0.3) is 0 Å². The lowest BCUT2D eigenvalue weighted by atomic mass is 10.0. The number of aryl methyl sites for hydroxylation is 3. The second-order valence-electron chi connectivity index (χ2n) is 8.64. The Bertz CT molecular complexity index is 814. The van der Waals surface area contributed by atoms with Gasteiger partial charge in [-0.25, -0.2) is 0 Å². The first-order valence-electron chi connectivity index (χ1n) is 11.3. The van der Waals surface area contributed by atoms with E-state index in [4.69, 9.17) is 4.74 Å². The third-order valence-electron chi connectivity index (χ3n) is 5.86. The molecule has 2 aromatic carbocycles. The minimum atomic E-state index is 0.0552. The van der Waals surface area contributed by atoms with Crippen LogP contribution < -0.4 is 10.1 Å². The van der Waals surface area contributed by atoms with Crippen LogP contribution in [0.3, 0.4) is 0 Å². The summed E-state index contributed by atoms with van der Waals surface area (Å²) in [5.41, 5.74) is 5.38. The van der Waals surface area contributed by atoms with Crippen molar-refractivity contribution in [3.05, 3.63) is 64.7 Å². The predicted molar refractivity (Wildman–Crippen MR) is 123 cm³/mol. The predicted octanol–water partition coefficient (Wildman–Crippen LogP) is 4.67. The van der Waals surface area contributed by atoms with E-state index >= 15 is 0 Å². The standard InChI is InChI=1S/C26H36N2O2/c1-20(2)28-16-5-7-23-12-13-25(18-24(23)19-28)30-17-14-26(29)27-15-4-6-22-10-8-21(3)9-11-22/h8-13,18,20H,4-7,14-17,19H2,1-3H3,(H,27,29). The number of nitrogens with one attached hydrogen (secondary N) is 1. The van der Waals surface area contributed by atoms with Crippen molar-refractivity contribution in [2.75, 3.05) is 19.7 Å². The van der Waals surface area contributed by atoms with Crippen molar-refractivity contribution >= 4 is 5.91 Å². The van der Waals surface area contributed by atoms with Gasteiger partial charge in [-0.1, -0.05) is 35.9 Å². The smallest absolute Gasteiger partial charge is 0.223 e. The fourth-order valence-corrected chi connectivity index (χ4v) is 3.92. The molecule has 162 valence electrons. The number of carbonyl (C=O) groups is 1. The molecule has 0 radical (unpaired) electrons. The first-order chi connectivity index (χ1) is 14.5. The monoisotopic (exact) mass is 408 g/mol. The lowest BCUT2D eigenvalue weighted by molar-refractivity contribution is -0.121. The molecule has 3 rings (SSSR count). The Balaban J connectivity index is 1.37. The number of fused-ring (bicyclic) bond motifs is 1. The summed E-state index contributed by atoms with van der Waals surface area (Å²) in [7, 11) is 0. The molecule has 0 bridgehead atoms. The van der Waals surface area contributed by atoms with Crippen molar-refractivity contribution in [2.24, 2.45) is 0 Å². The average molecular weight is 409 g/mol. The molecule has 2 aromatic rings. The lowest BCUT2D eigenvalue weighted by Gasteiger charge is -2.24. The summed E-state index contributed by atoms with van der Waals surface area (Å²) >= 11 is 0. The Kier molecular flexibility index (Phi) is 8.32. The first-order valence-corrected chi connectivity index (χ1v) is 11.3. The van der Waals surface area contributed by atoms with Gasteiger partial charge >= 0.3 is 0 Å². The number of nitrogens with zero attached hydrogens (tertiary/aromatic N) is 1. The highest BCUT2D eigenvalue weighted by Crippen LogP contribution is 2.24. The topological polar surface area (TPSA) is 41.6 Å². The van der Waals surface area contributed by atoms with E-state index in [2.05, 4.69) is 67.4 Å². The number of carbonyl (C=O) groups excluding carboxylic acids is 1. The number of hydrogen-bond donors (Lipinski definition) is 1. The van der Waals surface area contributed by atoms with Crippen LogP contribution in [0, 0.1) is 6.92 Å². The Hall–Kier alpha value is -2.33. The minimum absolute atomic E-state index is 0.0552. The van der Waals surface area contributed by atoms with Crippen molar-refractivity contribution in [3.63, 3.8) is 0 Å². The van der Waals surface area contributed by atoms with E-state index in [9.17, 15) is 4.79 Å². The van der Waals surface area contributed by atoms with Gasteiger partial charge in [0.05, 0.1) is 13.0 Å². The summed E-state index contributed by atoms with van der Waals surface area (Å²) in [6.45, 7) is 9.85. The van der Waals surface area contributed by atoms with Crippen LogP contribution in [-0.2, 0) is 24.2 Å². The van der Waals surface area contributed by atoms with Crippen molar-refractivity contribution < 1.29 is 9.53 Å². The zero-order valence-corrected chi connectivity index (χ0v) is 18.7. The maximum atomic E-state index is 12.1. The molecular formula is C26H36N2O2. The summed E-state index contributed by atoms with van der Waals surface area (Å²) < 4.78 is 5.89. The van der Waals surface area contributed by atoms with E-state index in [0.29, 0.717) is 25.6 Å². The van der Waals surface area contributed by atoms with E-state index in [1.807, 2.05) is 6.07 Å². The maximum absolute atomic E-state index is 12.1. The van der Waals surface area contributed by atoms with Crippen molar-refractivity contribution in [2.45, 2.75) is 65.5 Å². The molecule has 30 heavy (non-hydrogen) atoms. The lowest BCUT2D eigenvalue weighted by Crippen LogP contribution is -2.30. The van der Waals surface area contributed by atoms with Crippen LogP contribution >= 0.6 is 0 Å². The van der Waals surface area contributed by atoms with Gasteiger partial charge in [-0.05, 0) is 81.8 Å². The van der Waals surface area contributed by atoms with Crippen LogP contribution in [0.5, 0.6) is 5.75 Å². The van der Waals surface area contributed by atoms with Crippen LogP contribution in [0.15, 0.2) is 42.5 Å². The highest BCUT2D eigenvalue weighted by molar-refractivity contribution is 5.75.